The van der Waals surface area contributed by atoms with Crippen molar-refractivity contribution in [1.82, 2.24) is 14.6 Å². The molecule has 1 fully saturated rings. The number of carbonyl (C=O) groups excluding carboxylic acids is 1. The first kappa shape index (κ1) is 24.8. The maximum absolute atomic E-state index is 12.8. The summed E-state index contributed by atoms with van der Waals surface area (Å²) in [5.74, 6) is 0.624. The van der Waals surface area contributed by atoms with Crippen molar-refractivity contribution in [2.75, 3.05) is 54.4 Å². The Morgan fingerprint density at radius 3 is 2.66 bits per heavy atom. The smallest absolute Gasteiger partial charge is 0.292 e. The van der Waals surface area contributed by atoms with Crippen LogP contribution in [0, 0.1) is 5.92 Å². The second kappa shape index (κ2) is 11.4. The molecular weight excluding hydrogens is 496 g/mol. The molecule has 4 N–H and O–H groups in total. The molecule has 3 rings (SSSR count). The quantitative estimate of drug-likeness (QED) is 0.426. The number of nitrogens with one attached hydrogen (secondary N) is 2. The van der Waals surface area contributed by atoms with Crippen LogP contribution in [0.1, 0.15) is 31.3 Å². The van der Waals surface area contributed by atoms with E-state index in [2.05, 4.69) is 61.5 Å². The summed E-state index contributed by atoms with van der Waals surface area (Å²) in [6, 6.07) is 6.20. The SMILES string of the molecule is CC(CNC(C)C)C[S+]([O-])N1CCN(c2ccc(Br)c(NC(=O)c3coc(N)n3)c2)CC1. The molecule has 1 aliphatic rings. The summed E-state index contributed by atoms with van der Waals surface area (Å²) < 4.78 is 20.5. The maximum atomic E-state index is 12.8. The highest BCUT2D eigenvalue weighted by Gasteiger charge is 2.27. The molecule has 1 aliphatic heterocycles. The van der Waals surface area contributed by atoms with Gasteiger partial charge in [-0.15, -0.1) is 4.31 Å². The largest absolute Gasteiger partial charge is 0.598 e. The molecule has 11 heteroatoms. The topological polar surface area (TPSA) is 123 Å². The van der Waals surface area contributed by atoms with Crippen LogP contribution in [0.4, 0.5) is 17.4 Å². The molecule has 32 heavy (non-hydrogen) atoms. The number of benzene rings is 1. The average molecular weight is 527 g/mol. The van der Waals surface area contributed by atoms with E-state index in [1.54, 1.807) is 0 Å². The molecule has 2 aromatic rings. The zero-order valence-electron chi connectivity index (χ0n) is 18.6. The van der Waals surface area contributed by atoms with Crippen molar-refractivity contribution in [1.29, 1.82) is 0 Å². The van der Waals surface area contributed by atoms with Gasteiger partial charge in [0.25, 0.3) is 11.9 Å². The molecule has 2 atom stereocenters. The summed E-state index contributed by atoms with van der Waals surface area (Å²) in [5.41, 5.74) is 7.18. The summed E-state index contributed by atoms with van der Waals surface area (Å²) in [6.45, 7) is 10.2. The molecule has 1 amide bonds. The van der Waals surface area contributed by atoms with E-state index in [0.717, 1.165) is 42.9 Å². The number of nitrogens with two attached hydrogens (primary N) is 1. The summed E-state index contributed by atoms with van der Waals surface area (Å²) in [4.78, 5) is 18.5. The number of hydrogen-bond acceptors (Lipinski definition) is 8. The molecule has 2 heterocycles. The lowest BCUT2D eigenvalue weighted by molar-refractivity contribution is 0.102. The van der Waals surface area contributed by atoms with Crippen molar-refractivity contribution in [2.45, 2.75) is 26.8 Å². The van der Waals surface area contributed by atoms with Crippen molar-refractivity contribution in [3.8, 4) is 0 Å². The number of nitrogen functional groups attached to an aromatic ring is 1. The van der Waals surface area contributed by atoms with Gasteiger partial charge in [0.2, 0.25) is 0 Å². The highest BCUT2D eigenvalue weighted by molar-refractivity contribution is 9.10. The van der Waals surface area contributed by atoms with E-state index < -0.39 is 17.3 Å². The number of hydrogen-bond donors (Lipinski definition) is 3. The number of oxazole rings is 1. The summed E-state index contributed by atoms with van der Waals surface area (Å²) >= 11 is 2.50. The number of nitrogens with zero attached hydrogens (tertiary/aromatic N) is 3. The molecular formula is C21H31BrN6O3S. The van der Waals surface area contributed by atoms with E-state index in [1.807, 2.05) is 18.2 Å². The maximum Gasteiger partial charge on any atom is 0.292 e. The van der Waals surface area contributed by atoms with Gasteiger partial charge in [0.15, 0.2) is 5.69 Å². The van der Waals surface area contributed by atoms with Crippen molar-refractivity contribution in [3.63, 3.8) is 0 Å². The van der Waals surface area contributed by atoms with E-state index in [4.69, 9.17) is 10.2 Å². The molecule has 0 saturated carbocycles. The number of amides is 1. The van der Waals surface area contributed by atoms with Crippen LogP contribution in [0.25, 0.3) is 0 Å². The van der Waals surface area contributed by atoms with Crippen LogP contribution in [0.3, 0.4) is 0 Å². The van der Waals surface area contributed by atoms with E-state index in [0.29, 0.717) is 23.4 Å². The van der Waals surface area contributed by atoms with Crippen LogP contribution in [0.15, 0.2) is 33.4 Å². The monoisotopic (exact) mass is 526 g/mol. The fourth-order valence-electron chi connectivity index (χ4n) is 3.38. The number of rotatable bonds is 9. The minimum absolute atomic E-state index is 0.0520. The Kier molecular flexibility index (Phi) is 8.83. The molecule has 2 unspecified atom stereocenters. The zero-order valence-corrected chi connectivity index (χ0v) is 21.0. The predicted molar refractivity (Wildman–Crippen MR) is 132 cm³/mol. The molecule has 1 aromatic heterocycles. The molecule has 0 aliphatic carbocycles. The van der Waals surface area contributed by atoms with Gasteiger partial charge in [0.1, 0.15) is 12.0 Å². The van der Waals surface area contributed by atoms with Gasteiger partial charge in [-0.25, -0.2) is 0 Å². The summed E-state index contributed by atoms with van der Waals surface area (Å²) in [6.07, 6.45) is 1.22. The number of anilines is 3. The van der Waals surface area contributed by atoms with Gasteiger partial charge >= 0.3 is 0 Å². The highest BCUT2D eigenvalue weighted by Crippen LogP contribution is 2.29. The standard InChI is InChI=1S/C21H31BrN6O3S/c1-14(2)24-11-15(3)13-32(30)28-8-6-27(7-9-28)16-4-5-17(22)18(10-16)25-20(29)19-12-31-21(23)26-19/h4-5,10,12,14-15,24H,6-9,11,13H2,1-3H3,(H2,23,26)(H,25,29). The third-order valence-corrected chi connectivity index (χ3v) is 7.63. The molecule has 176 valence electrons. The minimum Gasteiger partial charge on any atom is -0.598 e. The number of carbonyl (C=O) groups is 1. The van der Waals surface area contributed by atoms with Crippen LogP contribution < -0.4 is 21.3 Å². The second-order valence-corrected chi connectivity index (χ2v) is 10.6. The third-order valence-electron chi connectivity index (χ3n) is 5.15. The zero-order chi connectivity index (χ0) is 23.3. The highest BCUT2D eigenvalue weighted by atomic mass is 79.9. The van der Waals surface area contributed by atoms with E-state index in [-0.39, 0.29) is 11.7 Å². The van der Waals surface area contributed by atoms with Crippen molar-refractivity contribution < 1.29 is 13.8 Å². The molecule has 9 nitrogen and oxygen atoms in total. The third kappa shape index (κ3) is 6.85. The first-order chi connectivity index (χ1) is 15.2. The van der Waals surface area contributed by atoms with Gasteiger partial charge < -0.3 is 30.2 Å². The lowest BCUT2D eigenvalue weighted by atomic mass is 10.2. The van der Waals surface area contributed by atoms with Crippen LogP contribution in [0.5, 0.6) is 0 Å². The Morgan fingerprint density at radius 1 is 1.31 bits per heavy atom. The Labute approximate surface area is 200 Å². The van der Waals surface area contributed by atoms with E-state index >= 15 is 0 Å². The molecule has 0 radical (unpaired) electrons. The normalized spacial score (nSPS) is 16.9. The lowest BCUT2D eigenvalue weighted by Crippen LogP contribution is -2.50. The molecule has 1 saturated heterocycles. The number of piperazine rings is 1. The van der Waals surface area contributed by atoms with Crippen LogP contribution in [-0.4, -0.2) is 64.3 Å². The Balaban J connectivity index is 1.55. The Morgan fingerprint density at radius 2 is 2.03 bits per heavy atom. The fourth-order valence-corrected chi connectivity index (χ4v) is 5.11. The second-order valence-electron chi connectivity index (χ2n) is 8.26. The average Bonchev–Trinajstić information content (AvgIpc) is 3.20. The van der Waals surface area contributed by atoms with Crippen molar-refractivity contribution in [3.05, 3.63) is 34.6 Å². The minimum atomic E-state index is -0.982. The van der Waals surface area contributed by atoms with Gasteiger partial charge in [0.05, 0.1) is 18.8 Å². The van der Waals surface area contributed by atoms with Crippen LogP contribution in [0.2, 0.25) is 0 Å². The first-order valence-electron chi connectivity index (χ1n) is 10.7. The van der Waals surface area contributed by atoms with E-state index in [9.17, 15) is 9.35 Å². The van der Waals surface area contributed by atoms with E-state index in [1.165, 1.54) is 6.26 Å². The Bertz CT molecular complexity index is 903. The molecule has 0 spiro atoms. The first-order valence-corrected chi connectivity index (χ1v) is 12.7. The van der Waals surface area contributed by atoms with Gasteiger partial charge in [-0.2, -0.15) is 4.98 Å². The van der Waals surface area contributed by atoms with Gasteiger partial charge in [-0.1, -0.05) is 20.8 Å². The van der Waals surface area contributed by atoms with Crippen molar-refractivity contribution >= 4 is 50.6 Å². The lowest BCUT2D eigenvalue weighted by Gasteiger charge is -2.36. The summed E-state index contributed by atoms with van der Waals surface area (Å²) in [7, 11) is 0. The summed E-state index contributed by atoms with van der Waals surface area (Å²) in [5, 5.41) is 6.24. The van der Waals surface area contributed by atoms with Gasteiger partial charge in [0, 0.05) is 53.1 Å². The molecule has 1 aromatic carbocycles. The number of aromatic nitrogens is 1. The predicted octanol–water partition coefficient (Wildman–Crippen LogP) is 2.69. The van der Waals surface area contributed by atoms with Crippen LogP contribution >= 0.6 is 15.9 Å². The van der Waals surface area contributed by atoms with Gasteiger partial charge in [-0.3, -0.25) is 4.79 Å². The van der Waals surface area contributed by atoms with Crippen LogP contribution in [-0.2, 0) is 11.4 Å². The van der Waals surface area contributed by atoms with Gasteiger partial charge in [-0.05, 0) is 34.1 Å². The fraction of sp³-hybridized carbons (Fsp3) is 0.524. The number of halogens is 1. The molecule has 0 bridgehead atoms. The Hall–Kier alpha value is -1.79. The van der Waals surface area contributed by atoms with Crippen molar-refractivity contribution in [2.24, 2.45) is 5.92 Å².